The molecule has 2 aliphatic heterocycles. The lowest BCUT2D eigenvalue weighted by molar-refractivity contribution is 0.241. The zero-order valence-electron chi connectivity index (χ0n) is 15.8. The van der Waals surface area contributed by atoms with E-state index in [0.717, 1.165) is 18.9 Å². The molecule has 2 aromatic heterocycles. The Bertz CT molecular complexity index is 966. The molecule has 0 spiro atoms. The second kappa shape index (κ2) is 6.20. The lowest BCUT2D eigenvalue weighted by Crippen LogP contribution is -2.32. The van der Waals surface area contributed by atoms with Gasteiger partial charge in [0, 0.05) is 49.1 Å². The molecule has 2 atom stereocenters. The van der Waals surface area contributed by atoms with Crippen LogP contribution in [0.5, 0.6) is 0 Å². The number of para-hydroxylation sites is 1. The second-order valence-electron chi connectivity index (χ2n) is 8.79. The summed E-state index contributed by atoms with van der Waals surface area (Å²) in [5.74, 6) is 4.60. The third-order valence-electron chi connectivity index (χ3n) is 6.88. The van der Waals surface area contributed by atoms with E-state index >= 15 is 0 Å². The van der Waals surface area contributed by atoms with E-state index in [0.29, 0.717) is 11.8 Å². The summed E-state index contributed by atoms with van der Waals surface area (Å²) in [5, 5.41) is 10.4. The predicted octanol–water partition coefficient (Wildman–Crippen LogP) is 3.69. The molecule has 1 aromatic carbocycles. The van der Waals surface area contributed by atoms with Crippen molar-refractivity contribution >= 4 is 10.9 Å². The first-order chi connectivity index (χ1) is 13.3. The van der Waals surface area contributed by atoms with E-state index in [-0.39, 0.29) is 0 Å². The average Bonchev–Trinajstić information content (AvgIpc) is 3.11. The monoisotopic (exact) mass is 361 g/mol. The highest BCUT2D eigenvalue weighted by Crippen LogP contribution is 2.40. The van der Waals surface area contributed by atoms with Gasteiger partial charge < -0.3 is 14.5 Å². The first kappa shape index (κ1) is 15.9. The van der Waals surface area contributed by atoms with Crippen molar-refractivity contribution in [3.63, 3.8) is 0 Å². The number of likely N-dealkylation sites (tertiary alicyclic amines) is 1. The third-order valence-corrected chi connectivity index (χ3v) is 6.88. The molecule has 2 fully saturated rings. The summed E-state index contributed by atoms with van der Waals surface area (Å²) in [7, 11) is 0. The van der Waals surface area contributed by atoms with Crippen LogP contribution >= 0.6 is 0 Å². The van der Waals surface area contributed by atoms with Crippen LogP contribution in [-0.4, -0.2) is 44.3 Å². The number of nitrogens with one attached hydrogen (secondary N) is 1. The normalized spacial score (nSPS) is 25.9. The van der Waals surface area contributed by atoms with Crippen LogP contribution in [0.2, 0.25) is 0 Å². The fourth-order valence-electron chi connectivity index (χ4n) is 5.26. The first-order valence-corrected chi connectivity index (χ1v) is 10.6. The quantitative estimate of drug-likeness (QED) is 0.771. The van der Waals surface area contributed by atoms with Gasteiger partial charge in [-0.2, -0.15) is 0 Å². The molecule has 6 rings (SSSR count). The van der Waals surface area contributed by atoms with Crippen LogP contribution in [0.1, 0.15) is 54.7 Å². The van der Waals surface area contributed by atoms with Gasteiger partial charge in [-0.1, -0.05) is 18.2 Å². The van der Waals surface area contributed by atoms with Crippen molar-refractivity contribution in [2.24, 2.45) is 5.92 Å². The molecule has 5 nitrogen and oxygen atoms in total. The molecule has 0 amide bonds. The molecule has 2 unspecified atom stereocenters. The number of aromatic nitrogens is 4. The third kappa shape index (κ3) is 2.80. The largest absolute Gasteiger partial charge is 0.361 e. The van der Waals surface area contributed by atoms with Crippen molar-refractivity contribution in [3.05, 3.63) is 47.7 Å². The van der Waals surface area contributed by atoms with Crippen molar-refractivity contribution < 1.29 is 0 Å². The van der Waals surface area contributed by atoms with Crippen molar-refractivity contribution in [2.45, 2.75) is 50.5 Å². The van der Waals surface area contributed by atoms with Crippen LogP contribution in [0.4, 0.5) is 0 Å². The number of nitrogens with zero attached hydrogens (tertiary/aromatic N) is 4. The Morgan fingerprint density at radius 1 is 1.00 bits per heavy atom. The minimum atomic E-state index is 0.662. The van der Waals surface area contributed by atoms with E-state index in [2.05, 4.69) is 55.1 Å². The summed E-state index contributed by atoms with van der Waals surface area (Å²) in [6.07, 6.45) is 8.51. The van der Waals surface area contributed by atoms with Gasteiger partial charge in [0.25, 0.3) is 0 Å². The average molecular weight is 361 g/mol. The Labute approximate surface area is 159 Å². The van der Waals surface area contributed by atoms with Crippen molar-refractivity contribution in [1.82, 2.24) is 24.6 Å². The highest BCUT2D eigenvalue weighted by atomic mass is 15.3. The Balaban J connectivity index is 1.12. The number of benzene rings is 1. The molecule has 3 aromatic rings. The fraction of sp³-hybridized carbons (Fsp3) is 0.545. The standard InChI is InChI=1S/C22H27N5/c1-2-4-20-18(3-1)19(12-23-20)17-8-9-26(14-17)13-15-7-10-27-21(11-15)24-25-22(27)16-5-6-16/h1-4,12,15-17,23H,5-11,13-14H2. The first-order valence-electron chi connectivity index (χ1n) is 10.6. The van der Waals surface area contributed by atoms with E-state index in [1.807, 2.05) is 0 Å². The van der Waals surface area contributed by atoms with Crippen LogP contribution in [-0.2, 0) is 13.0 Å². The molecule has 0 bridgehead atoms. The van der Waals surface area contributed by atoms with Crippen LogP contribution in [0.15, 0.2) is 30.5 Å². The van der Waals surface area contributed by atoms with Crippen LogP contribution in [0, 0.1) is 5.92 Å². The lowest BCUT2D eigenvalue weighted by Gasteiger charge is -2.27. The Morgan fingerprint density at radius 2 is 1.93 bits per heavy atom. The molecular formula is C22H27N5. The number of fused-ring (bicyclic) bond motifs is 2. The summed E-state index contributed by atoms with van der Waals surface area (Å²) in [5.41, 5.74) is 2.77. The maximum atomic E-state index is 4.52. The summed E-state index contributed by atoms with van der Waals surface area (Å²) in [6.45, 7) is 4.75. The smallest absolute Gasteiger partial charge is 0.136 e. The van der Waals surface area contributed by atoms with Gasteiger partial charge in [0.2, 0.25) is 0 Å². The Hall–Kier alpha value is -2.14. The van der Waals surface area contributed by atoms with Gasteiger partial charge in [0.15, 0.2) is 0 Å². The van der Waals surface area contributed by atoms with E-state index in [9.17, 15) is 0 Å². The van der Waals surface area contributed by atoms with Gasteiger partial charge in [0.1, 0.15) is 11.6 Å². The van der Waals surface area contributed by atoms with E-state index in [4.69, 9.17) is 0 Å². The molecule has 3 aliphatic rings. The van der Waals surface area contributed by atoms with Gasteiger partial charge in [-0.15, -0.1) is 10.2 Å². The van der Waals surface area contributed by atoms with Crippen LogP contribution in [0.3, 0.4) is 0 Å². The topological polar surface area (TPSA) is 49.7 Å². The molecule has 1 saturated heterocycles. The van der Waals surface area contributed by atoms with E-state index in [1.54, 1.807) is 0 Å². The fourth-order valence-corrected chi connectivity index (χ4v) is 5.26. The molecule has 1 aliphatic carbocycles. The van der Waals surface area contributed by atoms with Crippen LogP contribution < -0.4 is 0 Å². The minimum Gasteiger partial charge on any atom is -0.361 e. The SMILES string of the molecule is c1ccc2c(C3CCN(CC4CCn5c(nnc5C5CC5)C4)C3)c[nH]c2c1. The molecule has 140 valence electrons. The predicted molar refractivity (Wildman–Crippen MR) is 106 cm³/mol. The van der Waals surface area contributed by atoms with Crippen LogP contribution in [0.25, 0.3) is 10.9 Å². The summed E-state index contributed by atoms with van der Waals surface area (Å²) < 4.78 is 2.42. The molecule has 1 N–H and O–H groups in total. The molecule has 1 saturated carbocycles. The Kier molecular flexibility index (Phi) is 3.64. The number of rotatable bonds is 4. The van der Waals surface area contributed by atoms with Crippen molar-refractivity contribution in [2.75, 3.05) is 19.6 Å². The number of H-pyrrole nitrogens is 1. The van der Waals surface area contributed by atoms with E-state index in [1.165, 1.54) is 73.4 Å². The summed E-state index contributed by atoms with van der Waals surface area (Å²) in [4.78, 5) is 6.14. The van der Waals surface area contributed by atoms with Gasteiger partial charge in [-0.05, 0) is 55.7 Å². The van der Waals surface area contributed by atoms with E-state index < -0.39 is 0 Å². The Morgan fingerprint density at radius 3 is 2.85 bits per heavy atom. The second-order valence-corrected chi connectivity index (χ2v) is 8.79. The molecule has 4 heterocycles. The zero-order chi connectivity index (χ0) is 17.8. The van der Waals surface area contributed by atoms with Gasteiger partial charge in [-0.25, -0.2) is 0 Å². The molecule has 27 heavy (non-hydrogen) atoms. The van der Waals surface area contributed by atoms with Gasteiger partial charge >= 0.3 is 0 Å². The lowest BCUT2D eigenvalue weighted by atomic mass is 9.96. The highest BCUT2D eigenvalue weighted by molar-refractivity contribution is 5.83. The molecule has 5 heteroatoms. The molecular weight excluding hydrogens is 334 g/mol. The van der Waals surface area contributed by atoms with Gasteiger partial charge in [-0.3, -0.25) is 0 Å². The maximum absolute atomic E-state index is 4.52. The minimum absolute atomic E-state index is 0.662. The number of hydrogen-bond acceptors (Lipinski definition) is 3. The van der Waals surface area contributed by atoms with Gasteiger partial charge in [0.05, 0.1) is 0 Å². The van der Waals surface area contributed by atoms with Crippen molar-refractivity contribution in [1.29, 1.82) is 0 Å². The maximum Gasteiger partial charge on any atom is 0.136 e. The number of aromatic amines is 1. The highest BCUT2D eigenvalue weighted by Gasteiger charge is 2.34. The summed E-state index contributed by atoms with van der Waals surface area (Å²) in [6, 6.07) is 8.70. The molecule has 0 radical (unpaired) electrons. The number of hydrogen-bond donors (Lipinski definition) is 1. The van der Waals surface area contributed by atoms with Crippen molar-refractivity contribution in [3.8, 4) is 0 Å². The summed E-state index contributed by atoms with van der Waals surface area (Å²) >= 11 is 0. The zero-order valence-corrected chi connectivity index (χ0v) is 15.8.